The zero-order valence-corrected chi connectivity index (χ0v) is 13.2. The number of carboxylic acid groups (broad SMARTS) is 1. The molecule has 1 aromatic rings. The topological polar surface area (TPSA) is 69.6 Å². The number of carbonyl (C=O) groups is 1. The maximum absolute atomic E-state index is 11.0. The van der Waals surface area contributed by atoms with Crippen LogP contribution in [0.3, 0.4) is 0 Å². The summed E-state index contributed by atoms with van der Waals surface area (Å²) in [6.45, 7) is 6.72. The monoisotopic (exact) mass is 293 g/mol. The van der Waals surface area contributed by atoms with Crippen molar-refractivity contribution in [2.75, 3.05) is 6.54 Å². The summed E-state index contributed by atoms with van der Waals surface area (Å²) in [4.78, 5) is 11.0. The van der Waals surface area contributed by atoms with E-state index in [1.54, 1.807) is 0 Å². The van der Waals surface area contributed by atoms with E-state index >= 15 is 0 Å². The van der Waals surface area contributed by atoms with Crippen LogP contribution in [-0.2, 0) is 4.79 Å². The van der Waals surface area contributed by atoms with Gasteiger partial charge in [0.1, 0.15) is 6.04 Å². The zero-order valence-electron chi connectivity index (χ0n) is 13.2. The second kappa shape index (κ2) is 8.80. The van der Waals surface area contributed by atoms with Gasteiger partial charge in [0.05, 0.1) is 6.10 Å². The Labute approximate surface area is 127 Å². The van der Waals surface area contributed by atoms with Crippen LogP contribution < -0.4 is 5.32 Å². The molecule has 0 aliphatic rings. The van der Waals surface area contributed by atoms with Crippen LogP contribution in [0.15, 0.2) is 24.3 Å². The molecule has 2 unspecified atom stereocenters. The van der Waals surface area contributed by atoms with E-state index in [1.165, 1.54) is 5.56 Å². The van der Waals surface area contributed by atoms with E-state index in [1.807, 2.05) is 31.2 Å². The molecule has 21 heavy (non-hydrogen) atoms. The van der Waals surface area contributed by atoms with Crippen LogP contribution in [0, 0.1) is 0 Å². The van der Waals surface area contributed by atoms with Crippen LogP contribution in [0.2, 0.25) is 0 Å². The van der Waals surface area contributed by atoms with Gasteiger partial charge in [-0.15, -0.1) is 0 Å². The smallest absolute Gasteiger partial charge is 0.320 e. The summed E-state index contributed by atoms with van der Waals surface area (Å²) in [6.07, 6.45) is 1.38. The van der Waals surface area contributed by atoms with Gasteiger partial charge in [0.15, 0.2) is 0 Å². The predicted molar refractivity (Wildman–Crippen MR) is 84.4 cm³/mol. The highest BCUT2D eigenvalue weighted by Gasteiger charge is 2.16. The van der Waals surface area contributed by atoms with Crippen LogP contribution in [0.25, 0.3) is 0 Å². The first kappa shape index (κ1) is 17.7. The highest BCUT2D eigenvalue weighted by molar-refractivity contribution is 5.73. The van der Waals surface area contributed by atoms with Gasteiger partial charge in [-0.2, -0.15) is 0 Å². The summed E-state index contributed by atoms with van der Waals surface area (Å²) >= 11 is 0. The Morgan fingerprint density at radius 2 is 1.71 bits per heavy atom. The fourth-order valence-corrected chi connectivity index (χ4v) is 2.27. The standard InChI is InChI=1S/C17H27NO3/c1-4-5-15(17(20)21)18-11-10-16(19)14-8-6-13(7-9-14)12(2)3/h6-9,12,15-16,18-19H,4-5,10-11H2,1-3H3,(H,20,21). The summed E-state index contributed by atoms with van der Waals surface area (Å²) in [7, 11) is 0. The van der Waals surface area contributed by atoms with E-state index in [0.29, 0.717) is 25.3 Å². The molecular weight excluding hydrogens is 266 g/mol. The first-order chi connectivity index (χ1) is 9.95. The predicted octanol–water partition coefficient (Wildman–Crippen LogP) is 3.08. The molecule has 0 saturated carbocycles. The largest absolute Gasteiger partial charge is 0.480 e. The Morgan fingerprint density at radius 3 is 2.19 bits per heavy atom. The molecular formula is C17H27NO3. The third kappa shape index (κ3) is 5.86. The number of carboxylic acids is 1. The molecule has 0 fully saturated rings. The molecule has 0 heterocycles. The molecule has 0 spiro atoms. The quantitative estimate of drug-likeness (QED) is 0.654. The van der Waals surface area contributed by atoms with Gasteiger partial charge in [-0.05, 0) is 36.4 Å². The second-order valence-corrected chi connectivity index (χ2v) is 5.76. The van der Waals surface area contributed by atoms with Crippen molar-refractivity contribution >= 4 is 5.97 Å². The van der Waals surface area contributed by atoms with Gasteiger partial charge in [0.25, 0.3) is 0 Å². The van der Waals surface area contributed by atoms with Crippen molar-refractivity contribution < 1.29 is 15.0 Å². The molecule has 1 rings (SSSR count). The molecule has 0 saturated heterocycles. The number of aliphatic carboxylic acids is 1. The van der Waals surface area contributed by atoms with Gasteiger partial charge in [0, 0.05) is 0 Å². The van der Waals surface area contributed by atoms with Crippen molar-refractivity contribution in [3.63, 3.8) is 0 Å². The van der Waals surface area contributed by atoms with Crippen molar-refractivity contribution in [1.82, 2.24) is 5.32 Å². The van der Waals surface area contributed by atoms with Crippen molar-refractivity contribution in [3.8, 4) is 0 Å². The highest BCUT2D eigenvalue weighted by atomic mass is 16.4. The lowest BCUT2D eigenvalue weighted by molar-refractivity contribution is -0.139. The van der Waals surface area contributed by atoms with Crippen molar-refractivity contribution in [2.24, 2.45) is 0 Å². The number of nitrogens with one attached hydrogen (secondary N) is 1. The van der Waals surface area contributed by atoms with Gasteiger partial charge < -0.3 is 15.5 Å². The first-order valence-corrected chi connectivity index (χ1v) is 7.69. The van der Waals surface area contributed by atoms with Crippen LogP contribution >= 0.6 is 0 Å². The average molecular weight is 293 g/mol. The maximum atomic E-state index is 11.0. The number of rotatable bonds is 9. The Hall–Kier alpha value is -1.39. The van der Waals surface area contributed by atoms with Gasteiger partial charge in [-0.1, -0.05) is 51.5 Å². The number of aliphatic hydroxyl groups is 1. The molecule has 3 N–H and O–H groups in total. The molecule has 0 bridgehead atoms. The SMILES string of the molecule is CCCC(NCCC(O)c1ccc(C(C)C)cc1)C(=O)O. The molecule has 118 valence electrons. The minimum Gasteiger partial charge on any atom is -0.480 e. The minimum absolute atomic E-state index is 0.475. The van der Waals surface area contributed by atoms with Crippen molar-refractivity contribution in [1.29, 1.82) is 0 Å². The fourth-order valence-electron chi connectivity index (χ4n) is 2.27. The molecule has 4 nitrogen and oxygen atoms in total. The lowest BCUT2D eigenvalue weighted by Crippen LogP contribution is -2.37. The summed E-state index contributed by atoms with van der Waals surface area (Å²) < 4.78 is 0. The molecule has 0 radical (unpaired) electrons. The van der Waals surface area contributed by atoms with E-state index in [2.05, 4.69) is 19.2 Å². The average Bonchev–Trinajstić information content (AvgIpc) is 2.46. The Balaban J connectivity index is 2.46. The maximum Gasteiger partial charge on any atom is 0.320 e. The molecule has 0 aliphatic carbocycles. The Morgan fingerprint density at radius 1 is 1.14 bits per heavy atom. The van der Waals surface area contributed by atoms with Crippen molar-refractivity contribution in [3.05, 3.63) is 35.4 Å². The normalized spacial score (nSPS) is 14.1. The van der Waals surface area contributed by atoms with E-state index in [9.17, 15) is 9.90 Å². The number of benzene rings is 1. The van der Waals surface area contributed by atoms with E-state index in [-0.39, 0.29) is 0 Å². The lowest BCUT2D eigenvalue weighted by Gasteiger charge is -2.16. The Bertz CT molecular complexity index is 428. The van der Waals surface area contributed by atoms with Crippen molar-refractivity contribution in [2.45, 2.75) is 58.1 Å². The van der Waals surface area contributed by atoms with Gasteiger partial charge >= 0.3 is 5.97 Å². The van der Waals surface area contributed by atoms with E-state index < -0.39 is 18.1 Å². The number of hydrogen-bond acceptors (Lipinski definition) is 3. The van der Waals surface area contributed by atoms with E-state index in [4.69, 9.17) is 5.11 Å². The minimum atomic E-state index is -0.826. The zero-order chi connectivity index (χ0) is 15.8. The van der Waals surface area contributed by atoms with Gasteiger partial charge in [-0.25, -0.2) is 0 Å². The molecule has 0 aromatic heterocycles. The van der Waals surface area contributed by atoms with Crippen LogP contribution in [0.1, 0.15) is 63.2 Å². The Kier molecular flexibility index (Phi) is 7.40. The number of hydrogen-bond donors (Lipinski definition) is 3. The summed E-state index contributed by atoms with van der Waals surface area (Å²) in [5.74, 6) is -0.351. The third-order valence-corrected chi connectivity index (χ3v) is 3.67. The van der Waals surface area contributed by atoms with Crippen LogP contribution in [-0.4, -0.2) is 28.8 Å². The van der Waals surface area contributed by atoms with Crippen LogP contribution in [0.4, 0.5) is 0 Å². The summed E-state index contributed by atoms with van der Waals surface area (Å²) in [5, 5.41) is 22.2. The summed E-state index contributed by atoms with van der Waals surface area (Å²) in [6, 6.07) is 7.44. The highest BCUT2D eigenvalue weighted by Crippen LogP contribution is 2.20. The van der Waals surface area contributed by atoms with Gasteiger partial charge in [-0.3, -0.25) is 4.79 Å². The van der Waals surface area contributed by atoms with E-state index in [0.717, 1.165) is 12.0 Å². The van der Waals surface area contributed by atoms with Gasteiger partial charge in [0.2, 0.25) is 0 Å². The third-order valence-electron chi connectivity index (χ3n) is 3.67. The molecule has 4 heteroatoms. The van der Waals surface area contributed by atoms with Crippen LogP contribution in [0.5, 0.6) is 0 Å². The molecule has 1 aromatic carbocycles. The molecule has 0 aliphatic heterocycles. The molecule has 2 atom stereocenters. The fraction of sp³-hybridized carbons (Fsp3) is 0.588. The molecule has 0 amide bonds. The second-order valence-electron chi connectivity index (χ2n) is 5.76. The first-order valence-electron chi connectivity index (χ1n) is 7.69. The summed E-state index contributed by atoms with van der Waals surface area (Å²) in [5.41, 5.74) is 2.13. The lowest BCUT2D eigenvalue weighted by atomic mass is 9.99. The number of aliphatic hydroxyl groups excluding tert-OH is 1.